The van der Waals surface area contributed by atoms with Crippen LogP contribution in [-0.4, -0.2) is 29.8 Å². The van der Waals surface area contributed by atoms with E-state index in [1.54, 1.807) is 55.9 Å². The van der Waals surface area contributed by atoms with Gasteiger partial charge in [-0.25, -0.2) is 4.68 Å². The summed E-state index contributed by atoms with van der Waals surface area (Å²) >= 11 is 1.61. The van der Waals surface area contributed by atoms with Gasteiger partial charge < -0.3 is 9.47 Å². The van der Waals surface area contributed by atoms with Gasteiger partial charge in [0.25, 0.3) is 0 Å². The van der Waals surface area contributed by atoms with Gasteiger partial charge in [0.2, 0.25) is 0 Å². The second kappa shape index (κ2) is 8.80. The number of ether oxygens (including phenoxy) is 2. The van der Waals surface area contributed by atoms with Crippen molar-refractivity contribution in [3.05, 3.63) is 88.8 Å². The first kappa shape index (κ1) is 19.7. The molecular weight excluding hydrogens is 396 g/mol. The third-order valence-corrected chi connectivity index (χ3v) is 5.32. The number of para-hydroxylation sites is 1. The number of hydrogen-bond acceptors (Lipinski definition) is 5. The SMILES string of the molecule is COc1ccc(C(=O)/C=C/c2cn(-c3ccccc3)nc2-c2ccsc2)cc1OC. The van der Waals surface area contributed by atoms with Crippen LogP contribution in [0, 0.1) is 0 Å². The summed E-state index contributed by atoms with van der Waals surface area (Å²) in [6.45, 7) is 0. The number of allylic oxidation sites excluding steroid dienone is 1. The summed E-state index contributed by atoms with van der Waals surface area (Å²) in [5, 5.41) is 8.81. The lowest BCUT2D eigenvalue weighted by atomic mass is 10.1. The predicted molar refractivity (Wildman–Crippen MR) is 120 cm³/mol. The molecular formula is C24H20N2O3S. The summed E-state index contributed by atoms with van der Waals surface area (Å²) < 4.78 is 12.4. The van der Waals surface area contributed by atoms with Gasteiger partial charge in [0.15, 0.2) is 17.3 Å². The maximum Gasteiger partial charge on any atom is 0.185 e. The summed E-state index contributed by atoms with van der Waals surface area (Å²) in [7, 11) is 3.11. The average molecular weight is 417 g/mol. The van der Waals surface area contributed by atoms with Crippen LogP contribution >= 0.6 is 11.3 Å². The fourth-order valence-electron chi connectivity index (χ4n) is 3.10. The number of nitrogens with zero attached hydrogens (tertiary/aromatic N) is 2. The molecule has 150 valence electrons. The van der Waals surface area contributed by atoms with Gasteiger partial charge in [0.05, 0.1) is 19.9 Å². The highest BCUT2D eigenvalue weighted by Crippen LogP contribution is 2.29. The molecule has 0 saturated carbocycles. The molecule has 0 N–H and O–H groups in total. The van der Waals surface area contributed by atoms with Crippen LogP contribution < -0.4 is 9.47 Å². The lowest BCUT2D eigenvalue weighted by molar-refractivity contribution is 0.104. The highest BCUT2D eigenvalue weighted by molar-refractivity contribution is 7.08. The molecule has 0 unspecified atom stereocenters. The van der Waals surface area contributed by atoms with E-state index in [4.69, 9.17) is 14.6 Å². The number of aromatic nitrogens is 2. The summed E-state index contributed by atoms with van der Waals surface area (Å²) in [6.07, 6.45) is 5.29. The van der Waals surface area contributed by atoms with Gasteiger partial charge in [-0.3, -0.25) is 4.79 Å². The van der Waals surface area contributed by atoms with E-state index in [1.807, 2.05) is 58.0 Å². The van der Waals surface area contributed by atoms with Gasteiger partial charge in [-0.05, 0) is 53.9 Å². The molecule has 0 saturated heterocycles. The number of hydrogen-bond donors (Lipinski definition) is 0. The minimum absolute atomic E-state index is 0.125. The molecule has 0 spiro atoms. The summed E-state index contributed by atoms with van der Waals surface area (Å²) in [6, 6.07) is 17.0. The highest BCUT2D eigenvalue weighted by atomic mass is 32.1. The van der Waals surface area contributed by atoms with E-state index >= 15 is 0 Å². The third-order valence-electron chi connectivity index (χ3n) is 4.64. The Bertz CT molecular complexity index is 1180. The number of rotatable bonds is 7. The predicted octanol–water partition coefficient (Wildman–Crippen LogP) is 5.51. The standard InChI is InChI=1S/C24H20N2O3S/c1-28-22-11-9-17(14-23(22)29-2)21(27)10-8-18-15-26(20-6-4-3-5-7-20)25-24(18)19-12-13-30-16-19/h3-16H,1-2H3/b10-8+. The van der Waals surface area contributed by atoms with Crippen molar-refractivity contribution in [1.82, 2.24) is 9.78 Å². The van der Waals surface area contributed by atoms with E-state index in [9.17, 15) is 4.79 Å². The quantitative estimate of drug-likeness (QED) is 0.294. The molecule has 2 aromatic carbocycles. The first-order chi connectivity index (χ1) is 14.7. The van der Waals surface area contributed by atoms with Crippen LogP contribution in [0.15, 0.2) is 77.6 Å². The molecule has 0 aliphatic carbocycles. The summed E-state index contributed by atoms with van der Waals surface area (Å²) in [5.74, 6) is 0.981. The fourth-order valence-corrected chi connectivity index (χ4v) is 3.74. The van der Waals surface area contributed by atoms with Gasteiger partial charge in [-0.15, -0.1) is 0 Å². The number of ketones is 1. The van der Waals surface area contributed by atoms with Crippen LogP contribution in [0.5, 0.6) is 11.5 Å². The van der Waals surface area contributed by atoms with E-state index < -0.39 is 0 Å². The van der Waals surface area contributed by atoms with Crippen LogP contribution in [0.4, 0.5) is 0 Å². The Balaban J connectivity index is 1.67. The van der Waals surface area contributed by atoms with E-state index in [1.165, 1.54) is 0 Å². The molecule has 0 aliphatic rings. The number of benzene rings is 2. The van der Waals surface area contributed by atoms with Crippen molar-refractivity contribution in [1.29, 1.82) is 0 Å². The van der Waals surface area contributed by atoms with Crippen LogP contribution in [0.1, 0.15) is 15.9 Å². The van der Waals surface area contributed by atoms with Crippen molar-refractivity contribution >= 4 is 23.2 Å². The van der Waals surface area contributed by atoms with Gasteiger partial charge in [0.1, 0.15) is 5.69 Å². The Hall–Kier alpha value is -3.64. The van der Waals surface area contributed by atoms with Crippen LogP contribution in [0.25, 0.3) is 23.0 Å². The molecule has 2 aromatic heterocycles. The summed E-state index contributed by atoms with van der Waals surface area (Å²) in [5.41, 5.74) is 4.20. The molecule has 0 bridgehead atoms. The van der Waals surface area contributed by atoms with Crippen molar-refractivity contribution in [2.75, 3.05) is 14.2 Å². The zero-order valence-electron chi connectivity index (χ0n) is 16.6. The Morgan fingerprint density at radius 2 is 1.83 bits per heavy atom. The zero-order chi connectivity index (χ0) is 20.9. The van der Waals surface area contributed by atoms with Crippen LogP contribution in [0.3, 0.4) is 0 Å². The minimum Gasteiger partial charge on any atom is -0.493 e. The van der Waals surface area contributed by atoms with Gasteiger partial charge in [0, 0.05) is 28.3 Å². The van der Waals surface area contributed by atoms with E-state index in [-0.39, 0.29) is 5.78 Å². The highest BCUT2D eigenvalue weighted by Gasteiger charge is 2.13. The molecule has 0 amide bonds. The maximum atomic E-state index is 12.8. The van der Waals surface area contributed by atoms with Crippen molar-refractivity contribution in [2.24, 2.45) is 0 Å². The molecule has 5 nitrogen and oxygen atoms in total. The topological polar surface area (TPSA) is 53.4 Å². The number of methoxy groups -OCH3 is 2. The first-order valence-electron chi connectivity index (χ1n) is 9.31. The Kier molecular flexibility index (Phi) is 5.77. The molecule has 0 radical (unpaired) electrons. The van der Waals surface area contributed by atoms with Crippen molar-refractivity contribution in [3.8, 4) is 28.4 Å². The molecule has 0 fully saturated rings. The Labute approximate surface area is 178 Å². The summed E-state index contributed by atoms with van der Waals surface area (Å²) in [4.78, 5) is 12.8. The monoisotopic (exact) mass is 416 g/mol. The third kappa shape index (κ3) is 4.04. The molecule has 4 aromatic rings. The second-order valence-electron chi connectivity index (χ2n) is 6.49. The van der Waals surface area contributed by atoms with E-state index in [0.29, 0.717) is 17.1 Å². The van der Waals surface area contributed by atoms with Crippen LogP contribution in [0.2, 0.25) is 0 Å². The second-order valence-corrected chi connectivity index (χ2v) is 7.27. The molecule has 0 aliphatic heterocycles. The maximum absolute atomic E-state index is 12.8. The fraction of sp³-hybridized carbons (Fsp3) is 0.0833. The van der Waals surface area contributed by atoms with Crippen molar-refractivity contribution in [3.63, 3.8) is 0 Å². The number of carbonyl (C=O) groups excluding carboxylic acids is 1. The Morgan fingerprint density at radius 1 is 1.03 bits per heavy atom. The minimum atomic E-state index is -0.125. The number of thiophene rings is 1. The smallest absolute Gasteiger partial charge is 0.185 e. The van der Waals surface area contributed by atoms with Gasteiger partial charge >= 0.3 is 0 Å². The van der Waals surface area contributed by atoms with Crippen molar-refractivity contribution < 1.29 is 14.3 Å². The number of carbonyl (C=O) groups is 1. The molecule has 4 rings (SSSR count). The molecule has 6 heteroatoms. The van der Waals surface area contributed by atoms with Gasteiger partial charge in [-0.2, -0.15) is 16.4 Å². The molecule has 0 atom stereocenters. The van der Waals surface area contributed by atoms with Gasteiger partial charge in [-0.1, -0.05) is 18.2 Å². The lowest BCUT2D eigenvalue weighted by Gasteiger charge is -2.07. The normalized spacial score (nSPS) is 11.0. The van der Waals surface area contributed by atoms with Crippen molar-refractivity contribution in [2.45, 2.75) is 0 Å². The lowest BCUT2D eigenvalue weighted by Crippen LogP contribution is -1.97. The average Bonchev–Trinajstić information content (AvgIpc) is 3.47. The van der Waals surface area contributed by atoms with Crippen LogP contribution in [-0.2, 0) is 0 Å². The zero-order valence-corrected chi connectivity index (χ0v) is 17.4. The van der Waals surface area contributed by atoms with E-state index in [2.05, 4.69) is 0 Å². The first-order valence-corrected chi connectivity index (χ1v) is 10.3. The molecule has 2 heterocycles. The largest absolute Gasteiger partial charge is 0.493 e. The van der Waals surface area contributed by atoms with E-state index in [0.717, 1.165) is 22.5 Å². The Morgan fingerprint density at radius 3 is 2.53 bits per heavy atom. The molecule has 30 heavy (non-hydrogen) atoms.